The van der Waals surface area contributed by atoms with E-state index in [0.717, 1.165) is 5.56 Å². The largest absolute Gasteiger partial charge is 0.286 e. The van der Waals surface area contributed by atoms with Gasteiger partial charge >= 0.3 is 0 Å². The summed E-state index contributed by atoms with van der Waals surface area (Å²) in [7, 11) is 0. The summed E-state index contributed by atoms with van der Waals surface area (Å²) in [6.45, 7) is 4.82. The van der Waals surface area contributed by atoms with Crippen LogP contribution in [0.25, 0.3) is 10.2 Å². The van der Waals surface area contributed by atoms with Crippen molar-refractivity contribution in [3.8, 4) is 0 Å². The molecule has 0 saturated heterocycles. The average Bonchev–Trinajstić information content (AvgIpc) is 2.92. The van der Waals surface area contributed by atoms with Gasteiger partial charge in [0.25, 0.3) is 5.56 Å². The van der Waals surface area contributed by atoms with E-state index in [9.17, 15) is 4.79 Å². The van der Waals surface area contributed by atoms with E-state index in [0.29, 0.717) is 22.7 Å². The normalized spacial score (nSPS) is 11.3. The van der Waals surface area contributed by atoms with E-state index in [2.05, 4.69) is 48.2 Å². The molecule has 2 heterocycles. The van der Waals surface area contributed by atoms with Gasteiger partial charge in [-0.05, 0) is 17.0 Å². The van der Waals surface area contributed by atoms with Gasteiger partial charge in [-0.25, -0.2) is 9.67 Å². The number of nitrogens with zero attached hydrogens (tertiary/aromatic N) is 3. The zero-order valence-corrected chi connectivity index (χ0v) is 12.2. The molecule has 0 unspecified atom stereocenters. The van der Waals surface area contributed by atoms with Crippen LogP contribution in [0.2, 0.25) is 0 Å². The second-order valence-corrected chi connectivity index (χ2v) is 5.93. The molecule has 0 atom stereocenters. The number of benzene rings is 1. The maximum atomic E-state index is 12.2. The molecule has 0 fully saturated rings. The molecule has 0 spiro atoms. The summed E-state index contributed by atoms with van der Waals surface area (Å²) in [5.74, 6) is 0.512. The Hall–Kier alpha value is -2.01. The van der Waals surface area contributed by atoms with Crippen LogP contribution in [0.1, 0.15) is 30.9 Å². The standard InChI is InChI=1S/C15H15N3OS/c1-10(2)12-5-3-11(4-6-12)8-18-15(19)14-13(7-17-18)16-9-20-14/h3-7,9-10H,8H2,1-2H3. The van der Waals surface area contributed by atoms with Crippen LogP contribution in [-0.4, -0.2) is 14.8 Å². The Kier molecular flexibility index (Phi) is 3.36. The predicted molar refractivity (Wildman–Crippen MR) is 81.3 cm³/mol. The zero-order chi connectivity index (χ0) is 14.1. The van der Waals surface area contributed by atoms with E-state index >= 15 is 0 Å². The Morgan fingerprint density at radius 3 is 2.70 bits per heavy atom. The highest BCUT2D eigenvalue weighted by atomic mass is 32.1. The van der Waals surface area contributed by atoms with E-state index in [1.807, 2.05) is 0 Å². The van der Waals surface area contributed by atoms with Crippen LogP contribution >= 0.6 is 11.3 Å². The van der Waals surface area contributed by atoms with Crippen molar-refractivity contribution in [2.24, 2.45) is 0 Å². The predicted octanol–water partition coefficient (Wildman–Crippen LogP) is 3.02. The molecule has 3 aromatic rings. The third-order valence-corrected chi connectivity index (χ3v) is 4.15. The molecule has 102 valence electrons. The minimum Gasteiger partial charge on any atom is -0.266 e. The molecule has 0 aliphatic carbocycles. The second-order valence-electron chi connectivity index (χ2n) is 5.07. The summed E-state index contributed by atoms with van der Waals surface area (Å²) in [4.78, 5) is 16.3. The van der Waals surface area contributed by atoms with E-state index in [1.54, 1.807) is 11.7 Å². The number of fused-ring (bicyclic) bond motifs is 1. The highest BCUT2D eigenvalue weighted by Gasteiger charge is 2.07. The van der Waals surface area contributed by atoms with Crippen molar-refractivity contribution in [1.29, 1.82) is 0 Å². The smallest absolute Gasteiger partial charge is 0.266 e. The highest BCUT2D eigenvalue weighted by molar-refractivity contribution is 7.16. The van der Waals surface area contributed by atoms with Crippen LogP contribution in [0.4, 0.5) is 0 Å². The van der Waals surface area contributed by atoms with E-state index < -0.39 is 0 Å². The summed E-state index contributed by atoms with van der Waals surface area (Å²) < 4.78 is 2.16. The van der Waals surface area contributed by atoms with Crippen molar-refractivity contribution in [1.82, 2.24) is 14.8 Å². The van der Waals surface area contributed by atoms with E-state index in [1.165, 1.54) is 21.6 Å². The topological polar surface area (TPSA) is 47.8 Å². The monoisotopic (exact) mass is 285 g/mol. The van der Waals surface area contributed by atoms with Crippen LogP contribution in [0.3, 0.4) is 0 Å². The van der Waals surface area contributed by atoms with Gasteiger partial charge in [-0.15, -0.1) is 11.3 Å². The number of hydrogen-bond acceptors (Lipinski definition) is 4. The van der Waals surface area contributed by atoms with Gasteiger partial charge in [0.05, 0.1) is 18.3 Å². The molecule has 0 N–H and O–H groups in total. The summed E-state index contributed by atoms with van der Waals surface area (Å²) in [5.41, 5.74) is 4.65. The average molecular weight is 285 g/mol. The maximum Gasteiger partial charge on any atom is 0.286 e. The van der Waals surface area contributed by atoms with Crippen LogP contribution in [0.5, 0.6) is 0 Å². The molecule has 0 bridgehead atoms. The number of rotatable bonds is 3. The van der Waals surface area contributed by atoms with Gasteiger partial charge in [-0.2, -0.15) is 5.10 Å². The minimum absolute atomic E-state index is 0.0714. The number of aromatic nitrogens is 3. The first-order valence-electron chi connectivity index (χ1n) is 6.53. The van der Waals surface area contributed by atoms with Crippen molar-refractivity contribution < 1.29 is 0 Å². The number of hydrogen-bond donors (Lipinski definition) is 0. The van der Waals surface area contributed by atoms with E-state index in [4.69, 9.17) is 0 Å². The molecule has 0 amide bonds. The SMILES string of the molecule is CC(C)c1ccc(Cn2ncc3ncsc3c2=O)cc1. The molecule has 0 aliphatic heterocycles. The van der Waals surface area contributed by atoms with Crippen molar-refractivity contribution in [3.63, 3.8) is 0 Å². The Balaban J connectivity index is 1.92. The molecule has 3 rings (SSSR count). The van der Waals surface area contributed by atoms with Crippen molar-refractivity contribution >= 4 is 21.6 Å². The van der Waals surface area contributed by atoms with Gasteiger partial charge in [0.15, 0.2) is 0 Å². The fraction of sp³-hybridized carbons (Fsp3) is 0.267. The van der Waals surface area contributed by atoms with E-state index in [-0.39, 0.29) is 5.56 Å². The fourth-order valence-corrected chi connectivity index (χ4v) is 2.80. The Bertz CT molecular complexity index is 787. The third kappa shape index (κ3) is 2.36. The van der Waals surface area contributed by atoms with Gasteiger partial charge in [-0.3, -0.25) is 4.79 Å². The maximum absolute atomic E-state index is 12.2. The van der Waals surface area contributed by atoms with Gasteiger partial charge in [0.1, 0.15) is 10.2 Å². The molecule has 2 aromatic heterocycles. The van der Waals surface area contributed by atoms with Crippen LogP contribution in [0, 0.1) is 0 Å². The lowest BCUT2D eigenvalue weighted by molar-refractivity contribution is 0.647. The Morgan fingerprint density at radius 2 is 2.00 bits per heavy atom. The molecule has 0 aliphatic rings. The fourth-order valence-electron chi connectivity index (χ4n) is 2.09. The van der Waals surface area contributed by atoms with Gasteiger partial charge in [0, 0.05) is 0 Å². The van der Waals surface area contributed by atoms with Crippen molar-refractivity contribution in [3.05, 3.63) is 57.5 Å². The Labute approximate surface area is 120 Å². The molecule has 1 aromatic carbocycles. The molecular formula is C15H15N3OS. The lowest BCUT2D eigenvalue weighted by Crippen LogP contribution is -2.22. The summed E-state index contributed by atoms with van der Waals surface area (Å²) in [5, 5.41) is 4.18. The third-order valence-electron chi connectivity index (χ3n) is 3.32. The first-order chi connectivity index (χ1) is 9.65. The molecule has 4 nitrogen and oxygen atoms in total. The molecule has 0 radical (unpaired) electrons. The summed E-state index contributed by atoms with van der Waals surface area (Å²) in [6, 6.07) is 8.33. The first-order valence-corrected chi connectivity index (χ1v) is 7.41. The molecule has 5 heteroatoms. The quantitative estimate of drug-likeness (QED) is 0.743. The molecule has 0 saturated carbocycles. The molecule has 20 heavy (non-hydrogen) atoms. The summed E-state index contributed by atoms with van der Waals surface area (Å²) >= 11 is 1.36. The van der Waals surface area contributed by atoms with Crippen molar-refractivity contribution in [2.75, 3.05) is 0 Å². The van der Waals surface area contributed by atoms with Crippen LogP contribution in [0.15, 0.2) is 40.8 Å². The van der Waals surface area contributed by atoms with Crippen LogP contribution < -0.4 is 5.56 Å². The highest BCUT2D eigenvalue weighted by Crippen LogP contribution is 2.15. The minimum atomic E-state index is -0.0714. The number of thiazole rings is 1. The van der Waals surface area contributed by atoms with Crippen molar-refractivity contribution in [2.45, 2.75) is 26.3 Å². The summed E-state index contributed by atoms with van der Waals surface area (Å²) in [6.07, 6.45) is 1.65. The van der Waals surface area contributed by atoms with Crippen LogP contribution in [-0.2, 0) is 6.54 Å². The lowest BCUT2D eigenvalue weighted by atomic mass is 10.0. The zero-order valence-electron chi connectivity index (χ0n) is 11.4. The van der Waals surface area contributed by atoms with Gasteiger partial charge < -0.3 is 0 Å². The first kappa shape index (κ1) is 13.0. The second kappa shape index (κ2) is 5.17. The van der Waals surface area contributed by atoms with Gasteiger partial charge in [0.2, 0.25) is 0 Å². The van der Waals surface area contributed by atoms with Gasteiger partial charge in [-0.1, -0.05) is 38.1 Å². The lowest BCUT2D eigenvalue weighted by Gasteiger charge is -2.08. The molecular weight excluding hydrogens is 270 g/mol. The Morgan fingerprint density at radius 1 is 1.25 bits per heavy atom.